The van der Waals surface area contributed by atoms with Gasteiger partial charge in [0.2, 0.25) is 0 Å². The third-order valence-electron chi connectivity index (χ3n) is 2.28. The van der Waals surface area contributed by atoms with Crippen LogP contribution >= 0.6 is 0 Å². The molecule has 1 amide bonds. The van der Waals surface area contributed by atoms with Gasteiger partial charge in [0, 0.05) is 6.54 Å². The van der Waals surface area contributed by atoms with E-state index in [2.05, 4.69) is 10.1 Å². The maximum absolute atomic E-state index is 12.2. The number of carbonyl (C=O) groups excluding carboxylic acids is 1. The molecule has 0 atom stereocenters. The molecule has 124 valence electrons. The summed E-state index contributed by atoms with van der Waals surface area (Å²) in [5.74, 6) is -0.458. The van der Waals surface area contributed by atoms with E-state index in [1.54, 1.807) is 20.8 Å². The third-order valence-corrected chi connectivity index (χ3v) is 2.28. The highest BCUT2D eigenvalue weighted by Crippen LogP contribution is 2.25. The normalized spacial score (nSPS) is 12.0. The molecule has 0 spiro atoms. The summed E-state index contributed by atoms with van der Waals surface area (Å²) in [6.45, 7) is 4.56. The SMILES string of the molecule is CC(C)(C)OC(=O)NCc1cc(CO)cc(OC(F)(F)F)c1. The lowest BCUT2D eigenvalue weighted by atomic mass is 10.1. The van der Waals surface area contributed by atoms with E-state index < -0.39 is 30.4 Å². The summed E-state index contributed by atoms with van der Waals surface area (Å²) in [5, 5.41) is 11.5. The van der Waals surface area contributed by atoms with Crippen LogP contribution in [0.1, 0.15) is 31.9 Å². The van der Waals surface area contributed by atoms with Gasteiger partial charge in [0.05, 0.1) is 6.61 Å². The molecule has 0 saturated carbocycles. The number of aliphatic hydroxyl groups is 1. The van der Waals surface area contributed by atoms with Gasteiger partial charge in [-0.25, -0.2) is 4.79 Å². The van der Waals surface area contributed by atoms with Gasteiger partial charge in [-0.3, -0.25) is 0 Å². The molecule has 0 radical (unpaired) electrons. The minimum Gasteiger partial charge on any atom is -0.444 e. The van der Waals surface area contributed by atoms with Crippen LogP contribution < -0.4 is 10.1 Å². The lowest BCUT2D eigenvalue weighted by molar-refractivity contribution is -0.274. The number of benzene rings is 1. The quantitative estimate of drug-likeness (QED) is 0.894. The van der Waals surface area contributed by atoms with Crippen molar-refractivity contribution >= 4 is 6.09 Å². The van der Waals surface area contributed by atoms with Gasteiger partial charge in [0.1, 0.15) is 11.4 Å². The number of nitrogens with one attached hydrogen (secondary N) is 1. The molecule has 0 aliphatic rings. The van der Waals surface area contributed by atoms with Crippen LogP contribution in [0.2, 0.25) is 0 Å². The molecule has 0 fully saturated rings. The van der Waals surface area contributed by atoms with E-state index in [-0.39, 0.29) is 12.1 Å². The first kappa shape index (κ1) is 18.1. The van der Waals surface area contributed by atoms with Crippen molar-refractivity contribution in [3.63, 3.8) is 0 Å². The fourth-order valence-corrected chi connectivity index (χ4v) is 1.60. The van der Waals surface area contributed by atoms with E-state index in [1.165, 1.54) is 6.07 Å². The van der Waals surface area contributed by atoms with E-state index in [0.717, 1.165) is 12.1 Å². The summed E-state index contributed by atoms with van der Waals surface area (Å²) in [5.41, 5.74) is -0.0962. The second-order valence-corrected chi connectivity index (χ2v) is 5.55. The third kappa shape index (κ3) is 7.16. The molecule has 0 aliphatic heterocycles. The van der Waals surface area contributed by atoms with Gasteiger partial charge in [0.15, 0.2) is 0 Å². The van der Waals surface area contributed by atoms with Crippen LogP contribution in [0.25, 0.3) is 0 Å². The lowest BCUT2D eigenvalue weighted by Crippen LogP contribution is -2.32. The van der Waals surface area contributed by atoms with Crippen molar-refractivity contribution in [1.82, 2.24) is 5.32 Å². The van der Waals surface area contributed by atoms with E-state index >= 15 is 0 Å². The Hall–Kier alpha value is -1.96. The fourth-order valence-electron chi connectivity index (χ4n) is 1.60. The van der Waals surface area contributed by atoms with E-state index in [1.807, 2.05) is 0 Å². The topological polar surface area (TPSA) is 67.8 Å². The van der Waals surface area contributed by atoms with Crippen molar-refractivity contribution in [2.45, 2.75) is 45.9 Å². The first-order valence-corrected chi connectivity index (χ1v) is 6.45. The number of amides is 1. The molecule has 1 rings (SSSR count). The van der Waals surface area contributed by atoms with Crippen molar-refractivity contribution in [1.29, 1.82) is 0 Å². The summed E-state index contributed by atoms with van der Waals surface area (Å²) in [6, 6.07) is 3.66. The van der Waals surface area contributed by atoms with Crippen LogP contribution in [0.5, 0.6) is 5.75 Å². The molecular weight excluding hydrogens is 303 g/mol. The smallest absolute Gasteiger partial charge is 0.444 e. The molecule has 0 aliphatic carbocycles. The number of rotatable bonds is 4. The van der Waals surface area contributed by atoms with E-state index in [4.69, 9.17) is 9.84 Å². The summed E-state index contributed by atoms with van der Waals surface area (Å²) in [4.78, 5) is 11.5. The highest BCUT2D eigenvalue weighted by atomic mass is 19.4. The van der Waals surface area contributed by atoms with Crippen LogP contribution in [0.3, 0.4) is 0 Å². The number of alkyl carbamates (subject to hydrolysis) is 1. The molecule has 0 saturated heterocycles. The molecule has 0 unspecified atom stereocenters. The minimum atomic E-state index is -4.83. The zero-order valence-corrected chi connectivity index (χ0v) is 12.5. The van der Waals surface area contributed by atoms with Gasteiger partial charge < -0.3 is 19.9 Å². The molecule has 8 heteroatoms. The Balaban J connectivity index is 2.77. The molecule has 22 heavy (non-hydrogen) atoms. The van der Waals surface area contributed by atoms with Crippen LogP contribution in [0.4, 0.5) is 18.0 Å². The zero-order chi connectivity index (χ0) is 17.0. The highest BCUT2D eigenvalue weighted by Gasteiger charge is 2.31. The summed E-state index contributed by atoms with van der Waals surface area (Å²) >= 11 is 0. The Bertz CT molecular complexity index is 524. The standard InChI is InChI=1S/C14H18F3NO4/c1-13(2,3)22-12(20)18-7-9-4-10(8-19)6-11(5-9)21-14(15,16)17/h4-6,19H,7-8H2,1-3H3,(H,18,20). The number of aliphatic hydroxyl groups excluding tert-OH is 1. The molecule has 5 nitrogen and oxygen atoms in total. The molecule has 0 bridgehead atoms. The fraction of sp³-hybridized carbons (Fsp3) is 0.500. The molecule has 0 aromatic heterocycles. The Morgan fingerprint density at radius 1 is 1.18 bits per heavy atom. The molecule has 2 N–H and O–H groups in total. The molecule has 1 aromatic rings. The molecule has 1 aromatic carbocycles. The maximum atomic E-state index is 12.2. The van der Waals surface area contributed by atoms with E-state index in [9.17, 15) is 18.0 Å². The molecular formula is C14H18F3NO4. The first-order valence-electron chi connectivity index (χ1n) is 6.45. The predicted octanol–water partition coefficient (Wildman–Crippen LogP) is 3.10. The van der Waals surface area contributed by atoms with Gasteiger partial charge in [-0.15, -0.1) is 13.2 Å². The second-order valence-electron chi connectivity index (χ2n) is 5.55. The van der Waals surface area contributed by atoms with Gasteiger partial charge in [-0.2, -0.15) is 0 Å². The number of hydrogen-bond acceptors (Lipinski definition) is 4. The number of ether oxygens (including phenoxy) is 2. The Morgan fingerprint density at radius 2 is 1.77 bits per heavy atom. The number of alkyl halides is 3. The zero-order valence-electron chi connectivity index (χ0n) is 12.5. The number of hydrogen-bond donors (Lipinski definition) is 2. The number of carbonyl (C=O) groups is 1. The number of halogens is 3. The largest absolute Gasteiger partial charge is 0.573 e. The van der Waals surface area contributed by atoms with E-state index in [0.29, 0.717) is 5.56 Å². The summed E-state index contributed by atoms with van der Waals surface area (Å²) < 4.78 is 45.5. The van der Waals surface area contributed by atoms with Crippen molar-refractivity contribution in [2.75, 3.05) is 0 Å². The average Bonchev–Trinajstić information content (AvgIpc) is 2.32. The predicted molar refractivity (Wildman–Crippen MR) is 72.1 cm³/mol. The second kappa shape index (κ2) is 6.87. The lowest BCUT2D eigenvalue weighted by Gasteiger charge is -2.20. The van der Waals surface area contributed by atoms with Crippen LogP contribution in [0.15, 0.2) is 18.2 Å². The summed E-state index contributed by atoms with van der Waals surface area (Å²) in [7, 11) is 0. The highest BCUT2D eigenvalue weighted by molar-refractivity contribution is 5.67. The van der Waals surface area contributed by atoms with Crippen LogP contribution in [-0.4, -0.2) is 23.2 Å². The van der Waals surface area contributed by atoms with Gasteiger partial charge in [0.25, 0.3) is 0 Å². The van der Waals surface area contributed by atoms with Crippen molar-refractivity contribution in [3.8, 4) is 5.75 Å². The first-order chi connectivity index (χ1) is 9.98. The van der Waals surface area contributed by atoms with Gasteiger partial charge >= 0.3 is 12.5 Å². The Labute approximate surface area is 126 Å². The van der Waals surface area contributed by atoms with Crippen molar-refractivity contribution < 1.29 is 32.5 Å². The van der Waals surface area contributed by atoms with Crippen molar-refractivity contribution in [2.24, 2.45) is 0 Å². The molecule has 0 heterocycles. The Kier molecular flexibility index (Phi) is 5.65. The monoisotopic (exact) mass is 321 g/mol. The van der Waals surface area contributed by atoms with Crippen molar-refractivity contribution in [3.05, 3.63) is 29.3 Å². The van der Waals surface area contributed by atoms with Crippen LogP contribution in [-0.2, 0) is 17.9 Å². The Morgan fingerprint density at radius 3 is 2.27 bits per heavy atom. The van der Waals surface area contributed by atoms with Gasteiger partial charge in [-0.1, -0.05) is 6.07 Å². The summed E-state index contributed by atoms with van der Waals surface area (Å²) in [6.07, 6.45) is -5.52. The van der Waals surface area contributed by atoms with Gasteiger partial charge in [-0.05, 0) is 44.0 Å². The maximum Gasteiger partial charge on any atom is 0.573 e. The average molecular weight is 321 g/mol. The van der Waals surface area contributed by atoms with Crippen LogP contribution in [0, 0.1) is 0 Å². The minimum absolute atomic E-state index is 0.0586.